The first-order valence-electron chi connectivity index (χ1n) is 7.02. The lowest BCUT2D eigenvalue weighted by atomic mass is 10.2. The highest BCUT2D eigenvalue weighted by Gasteiger charge is 2.35. The molecule has 1 unspecified atom stereocenters. The van der Waals surface area contributed by atoms with Gasteiger partial charge in [-0.3, -0.25) is 4.79 Å². The first-order valence-corrected chi connectivity index (χ1v) is 9.64. The zero-order chi connectivity index (χ0) is 18.4. The smallest absolute Gasteiger partial charge is 0.254 e. The Kier molecular flexibility index (Phi) is 7.57. The van der Waals surface area contributed by atoms with Crippen molar-refractivity contribution in [1.29, 1.82) is 0 Å². The molecule has 0 heterocycles. The maximum Gasteiger partial charge on any atom is 0.254 e. The Balaban J connectivity index is 2.08. The molecule has 0 aliphatic rings. The number of thiocarbonyl (C=S) groups is 1. The quantitative estimate of drug-likeness (QED) is 0.233. The van der Waals surface area contributed by atoms with Gasteiger partial charge in [0.2, 0.25) is 3.79 Å². The molecule has 0 bridgehead atoms. The summed E-state index contributed by atoms with van der Waals surface area (Å²) in [5, 5.41) is 8.64. The number of alkyl halides is 3. The van der Waals surface area contributed by atoms with Gasteiger partial charge in [-0.05, 0) is 59.1 Å². The molecule has 9 heteroatoms. The molecule has 0 aliphatic carbocycles. The fraction of sp³-hybridized carbons (Fsp3) is 0.125. The molecule has 2 aromatic rings. The van der Waals surface area contributed by atoms with Gasteiger partial charge in [-0.1, -0.05) is 65.1 Å². The number of benzene rings is 2. The van der Waals surface area contributed by atoms with E-state index in [1.807, 2.05) is 42.5 Å². The lowest BCUT2D eigenvalue weighted by Crippen LogP contribution is -2.56. The zero-order valence-corrected chi connectivity index (χ0v) is 17.8. The summed E-state index contributed by atoms with van der Waals surface area (Å²) < 4.78 is -1.02. The monoisotopic (exact) mass is 527 g/mol. The standard InChI is InChI=1S/C16H13Cl3IN3OS/c17-16(18,19)14(22-13(24)11-8-4-5-9-12(11)20)23-15(25)21-10-6-2-1-3-7-10/h1-9,14H,(H,22,24)(H2,21,23,25). The van der Waals surface area contributed by atoms with E-state index in [0.29, 0.717) is 5.56 Å². The second-order valence-electron chi connectivity index (χ2n) is 4.89. The van der Waals surface area contributed by atoms with Crippen molar-refractivity contribution in [3.05, 3.63) is 63.7 Å². The molecule has 0 aromatic heterocycles. The summed E-state index contributed by atoms with van der Waals surface area (Å²) in [5.41, 5.74) is 1.25. The summed E-state index contributed by atoms with van der Waals surface area (Å²) in [7, 11) is 0. The van der Waals surface area contributed by atoms with Crippen LogP contribution in [0.25, 0.3) is 0 Å². The highest BCUT2D eigenvalue weighted by Crippen LogP contribution is 2.29. The molecule has 3 N–H and O–H groups in total. The van der Waals surface area contributed by atoms with Crippen LogP contribution in [0.1, 0.15) is 10.4 Å². The molecule has 0 spiro atoms. The minimum Gasteiger partial charge on any atom is -0.339 e. The Morgan fingerprint density at radius 1 is 1.00 bits per heavy atom. The number of carbonyl (C=O) groups excluding carboxylic acids is 1. The molecule has 132 valence electrons. The van der Waals surface area contributed by atoms with Crippen LogP contribution in [-0.4, -0.2) is 21.0 Å². The first kappa shape index (κ1) is 20.5. The SMILES string of the molecule is O=C(NC(NC(=S)Nc1ccccc1)C(Cl)(Cl)Cl)c1ccccc1I. The summed E-state index contributed by atoms with van der Waals surface area (Å²) in [6, 6.07) is 16.4. The zero-order valence-electron chi connectivity index (χ0n) is 12.6. The van der Waals surface area contributed by atoms with Gasteiger partial charge in [0, 0.05) is 9.26 Å². The minimum absolute atomic E-state index is 0.214. The van der Waals surface area contributed by atoms with Crippen LogP contribution in [-0.2, 0) is 0 Å². The minimum atomic E-state index is -1.81. The highest BCUT2D eigenvalue weighted by atomic mass is 127. The Hall–Kier alpha value is -0.800. The van der Waals surface area contributed by atoms with Crippen molar-refractivity contribution >= 4 is 86.3 Å². The lowest BCUT2D eigenvalue weighted by molar-refractivity contribution is 0.0933. The van der Waals surface area contributed by atoms with Crippen LogP contribution in [0, 0.1) is 3.57 Å². The number of anilines is 1. The van der Waals surface area contributed by atoms with Crippen LogP contribution < -0.4 is 16.0 Å². The van der Waals surface area contributed by atoms with Crippen molar-refractivity contribution in [1.82, 2.24) is 10.6 Å². The number of amides is 1. The molecule has 0 saturated heterocycles. The lowest BCUT2D eigenvalue weighted by Gasteiger charge is -2.28. The van der Waals surface area contributed by atoms with E-state index in [4.69, 9.17) is 47.0 Å². The molecular formula is C16H13Cl3IN3OS. The Labute approximate surface area is 179 Å². The fourth-order valence-electron chi connectivity index (χ4n) is 1.87. The average Bonchev–Trinajstić information content (AvgIpc) is 2.54. The molecule has 0 saturated carbocycles. The van der Waals surface area contributed by atoms with Gasteiger partial charge in [-0.15, -0.1) is 0 Å². The molecule has 25 heavy (non-hydrogen) atoms. The third-order valence-corrected chi connectivity index (χ3v) is 4.84. The van der Waals surface area contributed by atoms with Gasteiger partial charge >= 0.3 is 0 Å². The molecule has 2 rings (SSSR count). The van der Waals surface area contributed by atoms with Gasteiger partial charge in [0.1, 0.15) is 6.17 Å². The number of para-hydroxylation sites is 1. The predicted molar refractivity (Wildman–Crippen MR) is 117 cm³/mol. The Morgan fingerprint density at radius 2 is 1.60 bits per heavy atom. The summed E-state index contributed by atoms with van der Waals surface area (Å²) in [5.74, 6) is -0.378. The van der Waals surface area contributed by atoms with Crippen molar-refractivity contribution < 1.29 is 4.79 Å². The van der Waals surface area contributed by atoms with E-state index < -0.39 is 9.96 Å². The molecule has 2 aromatic carbocycles. The molecule has 0 aliphatic heterocycles. The average molecular weight is 529 g/mol. The summed E-state index contributed by atoms with van der Waals surface area (Å²) >= 11 is 25.2. The second-order valence-corrected chi connectivity index (χ2v) is 8.83. The number of nitrogens with one attached hydrogen (secondary N) is 3. The van der Waals surface area contributed by atoms with E-state index in [9.17, 15) is 4.79 Å². The number of hydrogen-bond acceptors (Lipinski definition) is 2. The molecule has 0 radical (unpaired) electrons. The van der Waals surface area contributed by atoms with Crippen LogP contribution in [0.2, 0.25) is 0 Å². The predicted octanol–water partition coefficient (Wildman–Crippen LogP) is 4.70. The first-order chi connectivity index (χ1) is 11.8. The van der Waals surface area contributed by atoms with Crippen LogP contribution in [0.4, 0.5) is 5.69 Å². The maximum absolute atomic E-state index is 12.5. The van der Waals surface area contributed by atoms with Crippen molar-refractivity contribution in [2.45, 2.75) is 9.96 Å². The van der Waals surface area contributed by atoms with E-state index in [1.54, 1.807) is 12.1 Å². The molecule has 4 nitrogen and oxygen atoms in total. The summed E-state index contributed by atoms with van der Waals surface area (Å²) in [6.07, 6.45) is -1.02. The maximum atomic E-state index is 12.5. The largest absolute Gasteiger partial charge is 0.339 e. The highest BCUT2D eigenvalue weighted by molar-refractivity contribution is 14.1. The fourth-order valence-corrected chi connectivity index (χ4v) is 3.07. The van der Waals surface area contributed by atoms with Gasteiger partial charge in [0.05, 0.1) is 5.56 Å². The van der Waals surface area contributed by atoms with Crippen molar-refractivity contribution in [3.8, 4) is 0 Å². The number of carbonyl (C=O) groups is 1. The Morgan fingerprint density at radius 3 is 2.20 bits per heavy atom. The van der Waals surface area contributed by atoms with Crippen molar-refractivity contribution in [2.24, 2.45) is 0 Å². The molecular weight excluding hydrogens is 516 g/mol. The van der Waals surface area contributed by atoms with Gasteiger partial charge in [-0.25, -0.2) is 0 Å². The van der Waals surface area contributed by atoms with E-state index in [-0.39, 0.29) is 11.0 Å². The van der Waals surface area contributed by atoms with Crippen molar-refractivity contribution in [3.63, 3.8) is 0 Å². The molecule has 1 atom stereocenters. The third-order valence-electron chi connectivity index (χ3n) is 3.03. The van der Waals surface area contributed by atoms with Crippen LogP contribution in [0.15, 0.2) is 54.6 Å². The second kappa shape index (κ2) is 9.23. The molecule has 0 fully saturated rings. The number of halogens is 4. The van der Waals surface area contributed by atoms with Gasteiger partial charge in [-0.2, -0.15) is 0 Å². The topological polar surface area (TPSA) is 53.2 Å². The van der Waals surface area contributed by atoms with E-state index >= 15 is 0 Å². The molecule has 1 amide bonds. The van der Waals surface area contributed by atoms with Gasteiger partial charge in [0.15, 0.2) is 5.11 Å². The normalized spacial score (nSPS) is 12.2. The third kappa shape index (κ3) is 6.45. The summed E-state index contributed by atoms with van der Waals surface area (Å²) in [4.78, 5) is 12.5. The summed E-state index contributed by atoms with van der Waals surface area (Å²) in [6.45, 7) is 0. The number of hydrogen-bond donors (Lipinski definition) is 3. The van der Waals surface area contributed by atoms with E-state index in [2.05, 4.69) is 38.5 Å². The van der Waals surface area contributed by atoms with Gasteiger partial charge < -0.3 is 16.0 Å². The number of rotatable bonds is 4. The van der Waals surface area contributed by atoms with E-state index in [0.717, 1.165) is 9.26 Å². The van der Waals surface area contributed by atoms with Crippen LogP contribution >= 0.6 is 69.6 Å². The van der Waals surface area contributed by atoms with Gasteiger partial charge in [0.25, 0.3) is 5.91 Å². The Bertz CT molecular complexity index is 756. The van der Waals surface area contributed by atoms with Crippen molar-refractivity contribution in [2.75, 3.05) is 5.32 Å². The van der Waals surface area contributed by atoms with Crippen LogP contribution in [0.5, 0.6) is 0 Å². The van der Waals surface area contributed by atoms with Crippen LogP contribution in [0.3, 0.4) is 0 Å². The van der Waals surface area contributed by atoms with E-state index in [1.165, 1.54) is 0 Å².